The molecule has 0 aromatic heterocycles. The molecule has 0 aliphatic rings. The van der Waals surface area contributed by atoms with Crippen LogP contribution >= 0.6 is 23.2 Å². The lowest BCUT2D eigenvalue weighted by Gasteiger charge is -2.07. The van der Waals surface area contributed by atoms with E-state index in [0.29, 0.717) is 21.2 Å². The van der Waals surface area contributed by atoms with E-state index in [9.17, 15) is 9.90 Å². The molecule has 0 radical (unpaired) electrons. The van der Waals surface area contributed by atoms with Gasteiger partial charge in [-0.2, -0.15) is 0 Å². The number of ketones is 1. The van der Waals surface area contributed by atoms with E-state index in [2.05, 4.69) is 0 Å². The van der Waals surface area contributed by atoms with E-state index >= 15 is 0 Å². The number of phenols is 1. The van der Waals surface area contributed by atoms with Gasteiger partial charge in [0.05, 0.1) is 10.6 Å². The Balaban J connectivity index is 2.53. The molecule has 0 spiro atoms. The van der Waals surface area contributed by atoms with Gasteiger partial charge in [-0.05, 0) is 36.8 Å². The Morgan fingerprint density at radius 1 is 1.06 bits per heavy atom. The lowest BCUT2D eigenvalue weighted by Crippen LogP contribution is -2.03. The molecule has 2 aromatic rings. The highest BCUT2D eigenvalue weighted by Gasteiger charge is 2.17. The molecule has 0 amide bonds. The lowest BCUT2D eigenvalue weighted by atomic mass is 10.0. The first-order chi connectivity index (χ1) is 8.50. The number of carbonyl (C=O) groups is 1. The van der Waals surface area contributed by atoms with Crippen molar-refractivity contribution in [3.8, 4) is 5.75 Å². The third-order valence-electron chi connectivity index (χ3n) is 2.64. The maximum absolute atomic E-state index is 12.2. The van der Waals surface area contributed by atoms with Crippen LogP contribution in [0.25, 0.3) is 0 Å². The molecule has 0 aliphatic carbocycles. The molecule has 0 saturated heterocycles. The molecule has 0 saturated carbocycles. The second-order valence-electron chi connectivity index (χ2n) is 3.93. The quantitative estimate of drug-likeness (QED) is 0.836. The average Bonchev–Trinajstić information content (AvgIpc) is 2.33. The smallest absolute Gasteiger partial charge is 0.198 e. The van der Waals surface area contributed by atoms with Gasteiger partial charge in [0.1, 0.15) is 5.75 Å². The molecule has 1 N–H and O–H groups in total. The minimum absolute atomic E-state index is 0.0955. The topological polar surface area (TPSA) is 37.3 Å². The molecule has 4 heteroatoms. The predicted molar refractivity (Wildman–Crippen MR) is 72.7 cm³/mol. The highest BCUT2D eigenvalue weighted by Crippen LogP contribution is 2.29. The zero-order valence-corrected chi connectivity index (χ0v) is 11.1. The Kier molecular flexibility index (Phi) is 3.60. The predicted octanol–water partition coefficient (Wildman–Crippen LogP) is 4.24. The Labute approximate surface area is 115 Å². The Hall–Kier alpha value is -1.51. The van der Waals surface area contributed by atoms with Gasteiger partial charge < -0.3 is 5.11 Å². The minimum Gasteiger partial charge on any atom is -0.507 e. The molecular weight excluding hydrogens is 271 g/mol. The Morgan fingerprint density at radius 3 is 2.39 bits per heavy atom. The van der Waals surface area contributed by atoms with Crippen molar-refractivity contribution in [2.45, 2.75) is 6.92 Å². The van der Waals surface area contributed by atoms with E-state index in [0.717, 1.165) is 0 Å². The SMILES string of the molecule is Cc1cc(O)c(C(=O)c2ccccc2Cl)cc1Cl. The number of rotatable bonds is 2. The number of carbonyl (C=O) groups excluding carboxylic acids is 1. The molecule has 0 aliphatic heterocycles. The maximum Gasteiger partial charge on any atom is 0.198 e. The normalized spacial score (nSPS) is 10.4. The van der Waals surface area contributed by atoms with Crippen LogP contribution in [0.15, 0.2) is 36.4 Å². The number of phenolic OH excluding ortho intramolecular Hbond substituents is 1. The summed E-state index contributed by atoms with van der Waals surface area (Å²) in [7, 11) is 0. The van der Waals surface area contributed by atoms with E-state index in [1.54, 1.807) is 31.2 Å². The van der Waals surface area contributed by atoms with Gasteiger partial charge in [-0.1, -0.05) is 35.3 Å². The summed E-state index contributed by atoms with van der Waals surface area (Å²) in [6.07, 6.45) is 0. The van der Waals surface area contributed by atoms with Gasteiger partial charge in [-0.3, -0.25) is 4.79 Å². The van der Waals surface area contributed by atoms with Crippen LogP contribution in [0.2, 0.25) is 10.0 Å². The fourth-order valence-electron chi connectivity index (χ4n) is 1.64. The zero-order valence-electron chi connectivity index (χ0n) is 9.58. The Bertz CT molecular complexity index is 621. The second-order valence-corrected chi connectivity index (χ2v) is 4.74. The summed E-state index contributed by atoms with van der Waals surface area (Å²) in [5.74, 6) is -0.443. The van der Waals surface area contributed by atoms with Crippen molar-refractivity contribution < 1.29 is 9.90 Å². The molecule has 18 heavy (non-hydrogen) atoms. The van der Waals surface area contributed by atoms with E-state index in [1.165, 1.54) is 12.1 Å². The summed E-state index contributed by atoms with van der Waals surface area (Å²) in [6, 6.07) is 9.61. The number of hydrogen-bond acceptors (Lipinski definition) is 2. The fourth-order valence-corrected chi connectivity index (χ4v) is 2.02. The maximum atomic E-state index is 12.2. The fraction of sp³-hybridized carbons (Fsp3) is 0.0714. The zero-order chi connectivity index (χ0) is 13.3. The van der Waals surface area contributed by atoms with Crippen molar-refractivity contribution in [3.63, 3.8) is 0 Å². The van der Waals surface area contributed by atoms with Gasteiger partial charge in [0, 0.05) is 10.6 Å². The van der Waals surface area contributed by atoms with Crippen molar-refractivity contribution in [2.75, 3.05) is 0 Å². The summed E-state index contributed by atoms with van der Waals surface area (Å²) < 4.78 is 0. The second kappa shape index (κ2) is 5.01. The van der Waals surface area contributed by atoms with E-state index in [-0.39, 0.29) is 17.1 Å². The molecular formula is C14H10Cl2O2. The number of halogens is 2. The van der Waals surface area contributed by atoms with Crippen LogP contribution in [0.3, 0.4) is 0 Å². The van der Waals surface area contributed by atoms with Gasteiger partial charge in [0.2, 0.25) is 0 Å². The highest BCUT2D eigenvalue weighted by atomic mass is 35.5. The standard InChI is InChI=1S/C14H10Cl2O2/c1-8-6-13(17)10(7-12(8)16)14(18)9-4-2-3-5-11(9)15/h2-7,17H,1H3. The van der Waals surface area contributed by atoms with Crippen molar-refractivity contribution in [2.24, 2.45) is 0 Å². The third kappa shape index (κ3) is 2.35. The number of aryl methyl sites for hydroxylation is 1. The molecule has 0 heterocycles. The molecule has 2 aromatic carbocycles. The van der Waals surface area contributed by atoms with E-state index in [4.69, 9.17) is 23.2 Å². The average molecular weight is 281 g/mol. The molecule has 0 fully saturated rings. The molecule has 0 unspecified atom stereocenters. The van der Waals surface area contributed by atoms with Crippen molar-refractivity contribution in [3.05, 3.63) is 63.1 Å². The summed E-state index contributed by atoms with van der Waals surface area (Å²) >= 11 is 11.9. The highest BCUT2D eigenvalue weighted by molar-refractivity contribution is 6.35. The first-order valence-electron chi connectivity index (χ1n) is 5.29. The van der Waals surface area contributed by atoms with Crippen molar-refractivity contribution in [1.82, 2.24) is 0 Å². The van der Waals surface area contributed by atoms with Crippen molar-refractivity contribution in [1.29, 1.82) is 0 Å². The third-order valence-corrected chi connectivity index (χ3v) is 3.38. The number of hydrogen-bond donors (Lipinski definition) is 1. The van der Waals surface area contributed by atoms with Crippen LogP contribution in [0, 0.1) is 6.92 Å². The first-order valence-corrected chi connectivity index (χ1v) is 6.04. The molecule has 2 rings (SSSR count). The number of aromatic hydroxyl groups is 1. The van der Waals surface area contributed by atoms with Gasteiger partial charge in [-0.15, -0.1) is 0 Å². The van der Waals surface area contributed by atoms with Crippen LogP contribution in [0.5, 0.6) is 5.75 Å². The number of benzene rings is 2. The molecule has 0 atom stereocenters. The molecule has 92 valence electrons. The monoisotopic (exact) mass is 280 g/mol. The van der Waals surface area contributed by atoms with Crippen LogP contribution in [0.4, 0.5) is 0 Å². The van der Waals surface area contributed by atoms with Crippen LogP contribution in [-0.2, 0) is 0 Å². The minimum atomic E-state index is -0.347. The summed E-state index contributed by atoms with van der Waals surface area (Å²) in [5.41, 5.74) is 1.21. The van der Waals surface area contributed by atoms with Crippen LogP contribution in [-0.4, -0.2) is 10.9 Å². The largest absolute Gasteiger partial charge is 0.507 e. The first kappa shape index (κ1) is 12.9. The van der Waals surface area contributed by atoms with Crippen molar-refractivity contribution >= 4 is 29.0 Å². The summed E-state index contributed by atoms with van der Waals surface area (Å²) in [5, 5.41) is 10.6. The summed E-state index contributed by atoms with van der Waals surface area (Å²) in [4.78, 5) is 12.2. The lowest BCUT2D eigenvalue weighted by molar-refractivity contribution is 0.103. The van der Waals surface area contributed by atoms with Gasteiger partial charge in [0.15, 0.2) is 5.78 Å². The van der Waals surface area contributed by atoms with Crippen LogP contribution in [0.1, 0.15) is 21.5 Å². The van der Waals surface area contributed by atoms with E-state index in [1.807, 2.05) is 0 Å². The summed E-state index contributed by atoms with van der Waals surface area (Å²) in [6.45, 7) is 1.76. The molecule has 2 nitrogen and oxygen atoms in total. The van der Waals surface area contributed by atoms with Gasteiger partial charge in [0.25, 0.3) is 0 Å². The molecule has 0 bridgehead atoms. The Morgan fingerprint density at radius 2 is 1.72 bits per heavy atom. The van der Waals surface area contributed by atoms with E-state index < -0.39 is 0 Å². The van der Waals surface area contributed by atoms with Crippen LogP contribution < -0.4 is 0 Å². The van der Waals surface area contributed by atoms with Gasteiger partial charge in [-0.25, -0.2) is 0 Å². The van der Waals surface area contributed by atoms with Gasteiger partial charge >= 0.3 is 0 Å².